The zero-order valence-electron chi connectivity index (χ0n) is 17.4. The Balaban J connectivity index is 0.000000290. The van der Waals surface area contributed by atoms with Crippen LogP contribution in [0.15, 0.2) is 18.2 Å². The quantitative estimate of drug-likeness (QED) is 0.780. The van der Waals surface area contributed by atoms with Crippen LogP contribution < -0.4 is 14.8 Å². The molecule has 1 aromatic carbocycles. The van der Waals surface area contributed by atoms with Gasteiger partial charge in [-0.3, -0.25) is 4.79 Å². The molecule has 0 radical (unpaired) electrons. The van der Waals surface area contributed by atoms with Crippen molar-refractivity contribution in [2.75, 3.05) is 52.6 Å². The first kappa shape index (κ1) is 21.9. The molecule has 3 aliphatic rings. The Hall–Kier alpha value is -1.83. The number of nitrogens with one attached hydrogen (secondary N) is 1. The monoisotopic (exact) mass is 406 g/mol. The number of carbonyl (C=O) groups is 1. The van der Waals surface area contributed by atoms with E-state index in [4.69, 9.17) is 14.2 Å². The van der Waals surface area contributed by atoms with Gasteiger partial charge >= 0.3 is 0 Å². The summed E-state index contributed by atoms with van der Waals surface area (Å²) in [5, 5.41) is 13.0. The van der Waals surface area contributed by atoms with Crippen LogP contribution >= 0.6 is 0 Å². The van der Waals surface area contributed by atoms with Gasteiger partial charge in [-0.1, -0.05) is 13.0 Å². The van der Waals surface area contributed by atoms with Gasteiger partial charge in [-0.05, 0) is 63.0 Å². The maximum atomic E-state index is 12.0. The first-order valence-electron chi connectivity index (χ1n) is 10.8. The van der Waals surface area contributed by atoms with E-state index < -0.39 is 6.10 Å². The van der Waals surface area contributed by atoms with E-state index in [1.807, 2.05) is 0 Å². The third kappa shape index (κ3) is 6.59. The van der Waals surface area contributed by atoms with E-state index in [0.717, 1.165) is 12.8 Å². The molecular formula is C22H34N2O5. The molecule has 2 saturated heterocycles. The average Bonchev–Trinajstić information content (AvgIpc) is 3.32. The molecule has 0 aliphatic carbocycles. The summed E-state index contributed by atoms with van der Waals surface area (Å²) >= 11 is 0. The molecule has 3 aliphatic heterocycles. The molecule has 7 nitrogen and oxygen atoms in total. The van der Waals surface area contributed by atoms with Gasteiger partial charge in [0.25, 0.3) is 0 Å². The van der Waals surface area contributed by atoms with E-state index in [1.54, 1.807) is 18.2 Å². The lowest BCUT2D eigenvalue weighted by atomic mass is 9.99. The fourth-order valence-electron chi connectivity index (χ4n) is 3.79. The highest BCUT2D eigenvalue weighted by Crippen LogP contribution is 2.32. The standard InChI is InChI=1S/C16H21NO5.C6H13N/c18-13(10-17-16(19)11-3-5-20-6-4-11)12-1-2-14-15(9-12)22-8-7-21-14;1-2-7-5-3-4-6-7/h1-2,9,11,13,18H,3-8,10H2,(H,17,19);2-6H2,1H3/t13-;/m0./s1. The number of likely N-dealkylation sites (tertiary alicyclic amines) is 1. The number of aliphatic hydroxyl groups excluding tert-OH is 1. The summed E-state index contributed by atoms with van der Waals surface area (Å²) in [6.07, 6.45) is 3.57. The van der Waals surface area contributed by atoms with Crippen LogP contribution in [-0.2, 0) is 9.53 Å². The molecule has 29 heavy (non-hydrogen) atoms. The summed E-state index contributed by atoms with van der Waals surface area (Å²) < 4.78 is 16.2. The number of ether oxygens (including phenoxy) is 3. The van der Waals surface area contributed by atoms with E-state index in [0.29, 0.717) is 43.5 Å². The van der Waals surface area contributed by atoms with Gasteiger partial charge in [0.2, 0.25) is 5.91 Å². The SMILES string of the molecule is CCN1CCCC1.O=C(NC[C@H](O)c1ccc2c(c1)OCCO2)C1CCOCC1. The first-order chi connectivity index (χ1) is 14.2. The number of aliphatic hydroxyl groups is 1. The third-order valence-corrected chi connectivity index (χ3v) is 5.66. The number of carbonyl (C=O) groups excluding carboxylic acids is 1. The van der Waals surface area contributed by atoms with Crippen LogP contribution in [0.1, 0.15) is 44.3 Å². The molecule has 2 N–H and O–H groups in total. The Labute approximate surface area is 173 Å². The number of rotatable bonds is 5. The second-order valence-electron chi connectivity index (χ2n) is 7.69. The average molecular weight is 407 g/mol. The highest BCUT2D eigenvalue weighted by Gasteiger charge is 2.22. The number of nitrogens with zero attached hydrogens (tertiary/aromatic N) is 1. The Kier molecular flexibility index (Phi) is 8.58. The molecule has 0 bridgehead atoms. The summed E-state index contributed by atoms with van der Waals surface area (Å²) in [5.41, 5.74) is 0.705. The van der Waals surface area contributed by atoms with Crippen molar-refractivity contribution >= 4 is 5.91 Å². The van der Waals surface area contributed by atoms with E-state index >= 15 is 0 Å². The summed E-state index contributed by atoms with van der Waals surface area (Å²) in [6, 6.07) is 5.34. The van der Waals surface area contributed by atoms with E-state index in [-0.39, 0.29) is 18.4 Å². The molecule has 2 fully saturated rings. The summed E-state index contributed by atoms with van der Waals surface area (Å²) in [7, 11) is 0. The van der Waals surface area contributed by atoms with Crippen molar-refractivity contribution < 1.29 is 24.1 Å². The molecular weight excluding hydrogens is 372 g/mol. The van der Waals surface area contributed by atoms with Gasteiger partial charge in [-0.25, -0.2) is 0 Å². The van der Waals surface area contributed by atoms with Crippen molar-refractivity contribution in [3.05, 3.63) is 23.8 Å². The van der Waals surface area contributed by atoms with Crippen LogP contribution in [0.25, 0.3) is 0 Å². The van der Waals surface area contributed by atoms with Gasteiger partial charge in [0.05, 0.1) is 6.10 Å². The predicted octanol–water partition coefficient (Wildman–Crippen LogP) is 2.14. The zero-order valence-corrected chi connectivity index (χ0v) is 17.4. The van der Waals surface area contributed by atoms with Crippen LogP contribution in [0.2, 0.25) is 0 Å². The number of hydrogen-bond donors (Lipinski definition) is 2. The zero-order chi connectivity index (χ0) is 20.5. The van der Waals surface area contributed by atoms with Gasteiger partial charge in [0.1, 0.15) is 13.2 Å². The number of amides is 1. The van der Waals surface area contributed by atoms with Gasteiger partial charge in [0, 0.05) is 25.7 Å². The van der Waals surface area contributed by atoms with Crippen molar-refractivity contribution in [3.63, 3.8) is 0 Å². The molecule has 3 heterocycles. The lowest BCUT2D eigenvalue weighted by molar-refractivity contribution is -0.128. The molecule has 0 saturated carbocycles. The predicted molar refractivity (Wildman–Crippen MR) is 110 cm³/mol. The minimum absolute atomic E-state index is 0.0128. The maximum absolute atomic E-state index is 12.0. The van der Waals surface area contributed by atoms with E-state index in [1.165, 1.54) is 32.5 Å². The molecule has 0 spiro atoms. The van der Waals surface area contributed by atoms with Crippen molar-refractivity contribution in [3.8, 4) is 11.5 Å². The molecule has 162 valence electrons. The lowest BCUT2D eigenvalue weighted by Crippen LogP contribution is -2.36. The van der Waals surface area contributed by atoms with Crippen molar-refractivity contribution in [1.29, 1.82) is 0 Å². The number of hydrogen-bond acceptors (Lipinski definition) is 6. The van der Waals surface area contributed by atoms with E-state index in [2.05, 4.69) is 17.1 Å². The smallest absolute Gasteiger partial charge is 0.223 e. The van der Waals surface area contributed by atoms with E-state index in [9.17, 15) is 9.90 Å². The summed E-state index contributed by atoms with van der Waals surface area (Å²) in [4.78, 5) is 14.5. The molecule has 4 rings (SSSR count). The Morgan fingerprint density at radius 1 is 1.14 bits per heavy atom. The van der Waals surface area contributed by atoms with Crippen LogP contribution in [0.3, 0.4) is 0 Å². The fourth-order valence-corrected chi connectivity index (χ4v) is 3.79. The van der Waals surface area contributed by atoms with Crippen molar-refractivity contribution in [2.45, 2.75) is 38.7 Å². The largest absolute Gasteiger partial charge is 0.486 e. The topological polar surface area (TPSA) is 80.3 Å². The van der Waals surface area contributed by atoms with Crippen LogP contribution in [0.5, 0.6) is 11.5 Å². The molecule has 1 amide bonds. The minimum atomic E-state index is -0.764. The number of benzene rings is 1. The molecule has 1 atom stereocenters. The first-order valence-corrected chi connectivity index (χ1v) is 10.8. The molecule has 0 unspecified atom stereocenters. The van der Waals surface area contributed by atoms with Gasteiger partial charge < -0.3 is 29.5 Å². The molecule has 0 aromatic heterocycles. The van der Waals surface area contributed by atoms with Crippen molar-refractivity contribution in [1.82, 2.24) is 10.2 Å². The van der Waals surface area contributed by atoms with Gasteiger partial charge in [-0.15, -0.1) is 0 Å². The summed E-state index contributed by atoms with van der Waals surface area (Å²) in [5.74, 6) is 1.30. The minimum Gasteiger partial charge on any atom is -0.486 e. The van der Waals surface area contributed by atoms with Crippen LogP contribution in [0.4, 0.5) is 0 Å². The van der Waals surface area contributed by atoms with Gasteiger partial charge in [-0.2, -0.15) is 0 Å². The highest BCUT2D eigenvalue weighted by atomic mass is 16.6. The van der Waals surface area contributed by atoms with Crippen LogP contribution in [0, 0.1) is 5.92 Å². The second-order valence-corrected chi connectivity index (χ2v) is 7.69. The van der Waals surface area contributed by atoms with Crippen LogP contribution in [-0.4, -0.2) is 68.5 Å². The maximum Gasteiger partial charge on any atom is 0.223 e. The van der Waals surface area contributed by atoms with Crippen molar-refractivity contribution in [2.24, 2.45) is 5.92 Å². The summed E-state index contributed by atoms with van der Waals surface area (Å²) in [6.45, 7) is 8.66. The second kappa shape index (κ2) is 11.4. The van der Waals surface area contributed by atoms with Gasteiger partial charge in [0.15, 0.2) is 11.5 Å². The molecule has 1 aromatic rings. The Bertz CT molecular complexity index is 642. The number of fused-ring (bicyclic) bond motifs is 1. The lowest BCUT2D eigenvalue weighted by Gasteiger charge is -2.23. The Morgan fingerprint density at radius 2 is 1.83 bits per heavy atom. The third-order valence-electron chi connectivity index (χ3n) is 5.66. The Morgan fingerprint density at radius 3 is 2.48 bits per heavy atom. The molecule has 7 heteroatoms. The fraction of sp³-hybridized carbons (Fsp3) is 0.682. The highest BCUT2D eigenvalue weighted by molar-refractivity contribution is 5.78. The normalized spacial score (nSPS) is 20.5.